The number of nitrogens with one attached hydrogen (secondary N) is 1. The highest BCUT2D eigenvalue weighted by molar-refractivity contribution is 7.21. The Bertz CT molecular complexity index is 686. The summed E-state index contributed by atoms with van der Waals surface area (Å²) in [6, 6.07) is 5.59. The maximum Gasteiger partial charge on any atom is 0.354 e. The van der Waals surface area contributed by atoms with E-state index in [4.69, 9.17) is 4.74 Å². The monoisotopic (exact) mass is 273 g/mol. The summed E-state index contributed by atoms with van der Waals surface area (Å²) in [5.74, 6) is -0.351. The van der Waals surface area contributed by atoms with Crippen molar-refractivity contribution in [2.75, 3.05) is 6.61 Å². The maximum atomic E-state index is 11.6. The highest BCUT2D eigenvalue weighted by Gasteiger charge is 2.14. The number of hydrogen-bond acceptors (Lipinski definition) is 5. The Kier molecular flexibility index (Phi) is 3.00. The zero-order valence-corrected chi connectivity index (χ0v) is 11.0. The van der Waals surface area contributed by atoms with Crippen LogP contribution in [0.5, 0.6) is 0 Å². The van der Waals surface area contributed by atoms with Gasteiger partial charge in [0.1, 0.15) is 16.3 Å². The zero-order chi connectivity index (χ0) is 13.2. The van der Waals surface area contributed by atoms with Gasteiger partial charge in [0.2, 0.25) is 0 Å². The molecule has 0 aliphatic heterocycles. The molecule has 0 saturated carbocycles. The first-order valence-electron chi connectivity index (χ1n) is 5.85. The summed E-state index contributed by atoms with van der Waals surface area (Å²) in [4.78, 5) is 23.1. The average Bonchev–Trinajstić information content (AvgIpc) is 2.98. The lowest BCUT2D eigenvalue weighted by Crippen LogP contribution is -2.04. The summed E-state index contributed by atoms with van der Waals surface area (Å²) in [6.07, 6.45) is 3.49. The smallest absolute Gasteiger partial charge is 0.354 e. The van der Waals surface area contributed by atoms with Crippen molar-refractivity contribution in [3.05, 3.63) is 36.3 Å². The lowest BCUT2D eigenvalue weighted by molar-refractivity contribution is 0.0520. The van der Waals surface area contributed by atoms with E-state index >= 15 is 0 Å². The van der Waals surface area contributed by atoms with Crippen molar-refractivity contribution in [2.45, 2.75) is 6.92 Å². The largest absolute Gasteiger partial charge is 0.461 e. The molecule has 3 aromatic heterocycles. The van der Waals surface area contributed by atoms with Crippen LogP contribution < -0.4 is 0 Å². The summed E-state index contributed by atoms with van der Waals surface area (Å²) >= 11 is 1.52. The number of carbonyl (C=O) groups excluding carboxylic acids is 1. The first-order valence-corrected chi connectivity index (χ1v) is 6.66. The number of pyridine rings is 1. The van der Waals surface area contributed by atoms with Gasteiger partial charge in [-0.2, -0.15) is 0 Å². The van der Waals surface area contributed by atoms with Crippen molar-refractivity contribution in [1.29, 1.82) is 0 Å². The van der Waals surface area contributed by atoms with Crippen LogP contribution in [0.25, 0.3) is 20.9 Å². The number of rotatable bonds is 3. The number of esters is 1. The molecule has 0 spiro atoms. The minimum Gasteiger partial charge on any atom is -0.461 e. The molecule has 3 aromatic rings. The summed E-state index contributed by atoms with van der Waals surface area (Å²) in [7, 11) is 0. The lowest BCUT2D eigenvalue weighted by atomic mass is 10.3. The fraction of sp³-hybridized carbons (Fsp3) is 0.154. The minimum absolute atomic E-state index is 0.351. The molecule has 3 heterocycles. The van der Waals surface area contributed by atoms with E-state index in [1.807, 2.05) is 12.1 Å². The first kappa shape index (κ1) is 11.9. The van der Waals surface area contributed by atoms with E-state index in [0.717, 1.165) is 15.3 Å². The molecule has 0 fully saturated rings. The first-order chi connectivity index (χ1) is 9.28. The molecule has 6 heteroatoms. The Morgan fingerprint density at radius 2 is 2.42 bits per heavy atom. The molecule has 0 aromatic carbocycles. The molecule has 1 N–H and O–H groups in total. The summed E-state index contributed by atoms with van der Waals surface area (Å²) in [6.45, 7) is 2.14. The fourth-order valence-electron chi connectivity index (χ4n) is 1.75. The summed E-state index contributed by atoms with van der Waals surface area (Å²) in [5, 5.41) is 0.879. The van der Waals surface area contributed by atoms with Gasteiger partial charge in [0.05, 0.1) is 11.3 Å². The Balaban J connectivity index is 1.96. The molecular weight excluding hydrogens is 262 g/mol. The highest BCUT2D eigenvalue weighted by Crippen LogP contribution is 2.30. The van der Waals surface area contributed by atoms with Gasteiger partial charge in [-0.3, -0.25) is 4.98 Å². The Labute approximate surface area is 113 Å². The number of thiazole rings is 1. The molecule has 0 aliphatic rings. The number of hydrogen-bond donors (Lipinski definition) is 1. The number of carbonyl (C=O) groups is 1. The summed E-state index contributed by atoms with van der Waals surface area (Å²) < 4.78 is 5.87. The molecule has 0 radical (unpaired) electrons. The number of nitrogens with zero attached hydrogens (tertiary/aromatic N) is 2. The van der Waals surface area contributed by atoms with Gasteiger partial charge in [0.25, 0.3) is 0 Å². The number of fused-ring (bicyclic) bond motifs is 1. The molecule has 0 saturated heterocycles. The van der Waals surface area contributed by atoms with Gasteiger partial charge < -0.3 is 9.72 Å². The molecule has 0 bridgehead atoms. The molecule has 19 heavy (non-hydrogen) atoms. The second kappa shape index (κ2) is 4.81. The van der Waals surface area contributed by atoms with Crippen molar-refractivity contribution < 1.29 is 9.53 Å². The van der Waals surface area contributed by atoms with E-state index in [1.54, 1.807) is 25.4 Å². The quantitative estimate of drug-likeness (QED) is 0.745. The second-order valence-corrected chi connectivity index (χ2v) is 4.91. The van der Waals surface area contributed by atoms with Crippen LogP contribution in [0.1, 0.15) is 17.4 Å². The normalized spacial score (nSPS) is 10.8. The standard InChI is InChI=1S/C13H11N3O2S/c1-2-18-13(17)9-6-10-11(15-9)16-12(19-10)8-4-3-5-14-7-8/h3-7,15H,2H2,1H3. The van der Waals surface area contributed by atoms with Crippen molar-refractivity contribution in [3.63, 3.8) is 0 Å². The fourth-order valence-corrected chi connectivity index (χ4v) is 2.70. The van der Waals surface area contributed by atoms with Gasteiger partial charge in [-0.25, -0.2) is 9.78 Å². The van der Waals surface area contributed by atoms with E-state index < -0.39 is 0 Å². The Hall–Kier alpha value is -2.21. The molecule has 96 valence electrons. The van der Waals surface area contributed by atoms with Crippen molar-refractivity contribution in [2.24, 2.45) is 0 Å². The van der Waals surface area contributed by atoms with E-state index in [2.05, 4.69) is 15.0 Å². The minimum atomic E-state index is -0.351. The van der Waals surface area contributed by atoms with Crippen LogP contribution in [0.4, 0.5) is 0 Å². The van der Waals surface area contributed by atoms with Crippen LogP contribution in [0.2, 0.25) is 0 Å². The number of aromatic nitrogens is 3. The van der Waals surface area contributed by atoms with Gasteiger partial charge in [0, 0.05) is 18.0 Å². The third-order valence-electron chi connectivity index (χ3n) is 2.59. The topological polar surface area (TPSA) is 67.9 Å². The molecular formula is C13H11N3O2S. The highest BCUT2D eigenvalue weighted by atomic mass is 32.1. The number of aromatic amines is 1. The Morgan fingerprint density at radius 3 is 3.11 bits per heavy atom. The molecule has 0 aliphatic carbocycles. The van der Waals surface area contributed by atoms with Gasteiger partial charge in [0.15, 0.2) is 0 Å². The molecule has 3 rings (SSSR count). The second-order valence-electron chi connectivity index (χ2n) is 3.88. The van der Waals surface area contributed by atoms with Gasteiger partial charge in [-0.15, -0.1) is 11.3 Å². The SMILES string of the molecule is CCOC(=O)c1cc2sc(-c3cccnc3)nc2[nH]1. The van der Waals surface area contributed by atoms with Crippen LogP contribution in [-0.2, 0) is 4.74 Å². The van der Waals surface area contributed by atoms with E-state index in [9.17, 15) is 4.79 Å². The zero-order valence-electron chi connectivity index (χ0n) is 10.2. The van der Waals surface area contributed by atoms with E-state index in [1.165, 1.54) is 11.3 Å². The van der Waals surface area contributed by atoms with Crippen LogP contribution in [0, 0.1) is 0 Å². The third-order valence-corrected chi connectivity index (χ3v) is 3.64. The average molecular weight is 273 g/mol. The predicted octanol–water partition coefficient (Wildman–Crippen LogP) is 2.86. The summed E-state index contributed by atoms with van der Waals surface area (Å²) in [5.41, 5.74) is 2.11. The molecule has 0 amide bonds. The van der Waals surface area contributed by atoms with E-state index in [-0.39, 0.29) is 5.97 Å². The van der Waals surface area contributed by atoms with E-state index in [0.29, 0.717) is 17.9 Å². The predicted molar refractivity (Wildman–Crippen MR) is 73.2 cm³/mol. The van der Waals surface area contributed by atoms with Gasteiger partial charge >= 0.3 is 5.97 Å². The maximum absolute atomic E-state index is 11.6. The van der Waals surface area contributed by atoms with Crippen molar-refractivity contribution in [3.8, 4) is 10.6 Å². The number of ether oxygens (including phenoxy) is 1. The van der Waals surface area contributed by atoms with Crippen LogP contribution >= 0.6 is 11.3 Å². The van der Waals surface area contributed by atoms with Crippen LogP contribution in [0.15, 0.2) is 30.6 Å². The van der Waals surface area contributed by atoms with Crippen molar-refractivity contribution >= 4 is 27.7 Å². The Morgan fingerprint density at radius 1 is 1.53 bits per heavy atom. The molecule has 5 nitrogen and oxygen atoms in total. The van der Waals surface area contributed by atoms with Crippen LogP contribution in [-0.4, -0.2) is 27.5 Å². The van der Waals surface area contributed by atoms with Gasteiger partial charge in [-0.1, -0.05) is 0 Å². The van der Waals surface area contributed by atoms with Crippen molar-refractivity contribution in [1.82, 2.24) is 15.0 Å². The number of H-pyrrole nitrogens is 1. The third kappa shape index (κ3) is 2.22. The lowest BCUT2D eigenvalue weighted by Gasteiger charge is -1.97. The van der Waals surface area contributed by atoms with Crippen LogP contribution in [0.3, 0.4) is 0 Å². The molecule has 0 unspecified atom stereocenters. The van der Waals surface area contributed by atoms with Gasteiger partial charge in [-0.05, 0) is 25.1 Å². The molecule has 0 atom stereocenters.